The van der Waals surface area contributed by atoms with E-state index >= 15 is 0 Å². The van der Waals surface area contributed by atoms with Crippen LogP contribution in [0.2, 0.25) is 0 Å². The first-order chi connectivity index (χ1) is 10.3. The first-order valence-corrected chi connectivity index (χ1v) is 7.41. The molecule has 0 saturated heterocycles. The molecule has 0 bridgehead atoms. The molecule has 0 aromatic carbocycles. The predicted molar refractivity (Wildman–Crippen MR) is 78.8 cm³/mol. The summed E-state index contributed by atoms with van der Waals surface area (Å²) < 4.78 is 15.1. The Hall–Kier alpha value is -1.85. The van der Waals surface area contributed by atoms with Gasteiger partial charge in [0.15, 0.2) is 5.41 Å². The van der Waals surface area contributed by atoms with Crippen molar-refractivity contribution < 1.29 is 28.6 Å². The number of rotatable bonds is 5. The average Bonchev–Trinajstić information content (AvgIpc) is 2.46. The van der Waals surface area contributed by atoms with Gasteiger partial charge in [0.2, 0.25) is 0 Å². The number of allylic oxidation sites excluding steroid dienone is 2. The summed E-state index contributed by atoms with van der Waals surface area (Å²) in [6.45, 7) is 7.07. The van der Waals surface area contributed by atoms with Crippen LogP contribution < -0.4 is 0 Å². The minimum Gasteiger partial charge on any atom is -0.468 e. The lowest BCUT2D eigenvalue weighted by Crippen LogP contribution is -2.52. The number of carbonyl (C=O) groups is 3. The van der Waals surface area contributed by atoms with Crippen molar-refractivity contribution in [1.29, 1.82) is 0 Å². The van der Waals surface area contributed by atoms with Crippen LogP contribution in [0.5, 0.6) is 0 Å². The summed E-state index contributed by atoms with van der Waals surface area (Å²) in [4.78, 5) is 37.3. The molecule has 6 heteroatoms. The molecule has 2 atom stereocenters. The standard InChI is InChI=1S/C16H24O6/c1-6-21-13(17)12-9-11(4)7-8-16(12,14(18)20-5)15(19)22-10(2)3/h7,10,12H,6,8-9H2,1-5H3/t12-,16-/m1/s1. The van der Waals surface area contributed by atoms with Crippen molar-refractivity contribution in [3.05, 3.63) is 11.6 Å². The Morgan fingerprint density at radius 2 is 1.95 bits per heavy atom. The predicted octanol–water partition coefficient (Wildman–Crippen LogP) is 2.02. The van der Waals surface area contributed by atoms with E-state index in [1.807, 2.05) is 6.92 Å². The monoisotopic (exact) mass is 312 g/mol. The molecule has 0 saturated carbocycles. The van der Waals surface area contributed by atoms with Crippen LogP contribution in [0, 0.1) is 11.3 Å². The van der Waals surface area contributed by atoms with E-state index in [4.69, 9.17) is 14.2 Å². The molecule has 1 aliphatic rings. The summed E-state index contributed by atoms with van der Waals surface area (Å²) in [5.74, 6) is -3.02. The van der Waals surface area contributed by atoms with Crippen LogP contribution in [0.1, 0.15) is 40.5 Å². The van der Waals surface area contributed by atoms with Gasteiger partial charge < -0.3 is 14.2 Å². The van der Waals surface area contributed by atoms with Crippen molar-refractivity contribution in [3.63, 3.8) is 0 Å². The van der Waals surface area contributed by atoms with Crippen LogP contribution >= 0.6 is 0 Å². The summed E-state index contributed by atoms with van der Waals surface area (Å²) in [7, 11) is 1.19. The highest BCUT2D eigenvalue weighted by Gasteiger charge is 2.58. The maximum atomic E-state index is 12.6. The van der Waals surface area contributed by atoms with E-state index in [1.54, 1.807) is 26.8 Å². The molecule has 0 fully saturated rings. The van der Waals surface area contributed by atoms with Crippen LogP contribution in [-0.2, 0) is 28.6 Å². The Labute approximate surface area is 130 Å². The van der Waals surface area contributed by atoms with Crippen molar-refractivity contribution in [1.82, 2.24) is 0 Å². The zero-order chi connectivity index (χ0) is 16.9. The van der Waals surface area contributed by atoms with Gasteiger partial charge in [0.25, 0.3) is 0 Å². The van der Waals surface area contributed by atoms with E-state index in [9.17, 15) is 14.4 Å². The zero-order valence-corrected chi connectivity index (χ0v) is 13.8. The van der Waals surface area contributed by atoms with Crippen molar-refractivity contribution in [3.8, 4) is 0 Å². The number of hydrogen-bond donors (Lipinski definition) is 0. The molecule has 0 spiro atoms. The Kier molecular flexibility index (Phi) is 6.14. The smallest absolute Gasteiger partial charge is 0.324 e. The molecular weight excluding hydrogens is 288 g/mol. The van der Waals surface area contributed by atoms with Gasteiger partial charge in [0.1, 0.15) is 0 Å². The molecule has 22 heavy (non-hydrogen) atoms. The second kappa shape index (κ2) is 7.42. The lowest BCUT2D eigenvalue weighted by Gasteiger charge is -2.37. The topological polar surface area (TPSA) is 78.9 Å². The molecule has 6 nitrogen and oxygen atoms in total. The third-order valence-corrected chi connectivity index (χ3v) is 3.72. The molecular formula is C16H24O6. The number of carbonyl (C=O) groups excluding carboxylic acids is 3. The van der Waals surface area contributed by atoms with Gasteiger partial charge in [-0.2, -0.15) is 0 Å². The third-order valence-electron chi connectivity index (χ3n) is 3.72. The Bertz CT molecular complexity index is 479. The second-order valence-electron chi connectivity index (χ2n) is 5.68. The molecule has 0 heterocycles. The lowest BCUT2D eigenvalue weighted by atomic mass is 9.66. The first-order valence-electron chi connectivity index (χ1n) is 7.41. The van der Waals surface area contributed by atoms with Gasteiger partial charge in [-0.3, -0.25) is 14.4 Å². The van der Waals surface area contributed by atoms with Crippen LogP contribution in [0.3, 0.4) is 0 Å². The summed E-state index contributed by atoms with van der Waals surface area (Å²) >= 11 is 0. The van der Waals surface area contributed by atoms with Crippen molar-refractivity contribution >= 4 is 17.9 Å². The largest absolute Gasteiger partial charge is 0.468 e. The number of ether oxygens (including phenoxy) is 3. The second-order valence-corrected chi connectivity index (χ2v) is 5.68. The highest BCUT2D eigenvalue weighted by atomic mass is 16.6. The molecule has 0 amide bonds. The molecule has 124 valence electrons. The fourth-order valence-electron chi connectivity index (χ4n) is 2.62. The molecule has 0 aromatic rings. The van der Waals surface area contributed by atoms with Crippen LogP contribution in [0.4, 0.5) is 0 Å². The van der Waals surface area contributed by atoms with Crippen LogP contribution in [0.25, 0.3) is 0 Å². The first kappa shape index (κ1) is 18.2. The minimum absolute atomic E-state index is 0.0700. The zero-order valence-electron chi connectivity index (χ0n) is 13.8. The molecule has 0 N–H and O–H groups in total. The third kappa shape index (κ3) is 3.48. The quantitative estimate of drug-likeness (QED) is 0.334. The molecule has 0 unspecified atom stereocenters. The van der Waals surface area contributed by atoms with E-state index in [-0.39, 0.29) is 19.4 Å². The summed E-state index contributed by atoms with van der Waals surface area (Å²) in [5.41, 5.74) is -0.750. The van der Waals surface area contributed by atoms with E-state index in [1.165, 1.54) is 7.11 Å². The van der Waals surface area contributed by atoms with E-state index < -0.39 is 35.3 Å². The van der Waals surface area contributed by atoms with Crippen molar-refractivity contribution in [2.75, 3.05) is 13.7 Å². The van der Waals surface area contributed by atoms with Gasteiger partial charge in [-0.05, 0) is 40.5 Å². The Morgan fingerprint density at radius 3 is 2.45 bits per heavy atom. The number of methoxy groups -OCH3 is 1. The summed E-state index contributed by atoms with van der Waals surface area (Å²) in [5, 5.41) is 0. The van der Waals surface area contributed by atoms with E-state index in [0.29, 0.717) is 0 Å². The van der Waals surface area contributed by atoms with Gasteiger partial charge in [-0.1, -0.05) is 11.6 Å². The fourth-order valence-corrected chi connectivity index (χ4v) is 2.62. The highest BCUT2D eigenvalue weighted by Crippen LogP contribution is 2.43. The minimum atomic E-state index is -1.68. The molecule has 0 aromatic heterocycles. The maximum absolute atomic E-state index is 12.6. The van der Waals surface area contributed by atoms with Gasteiger partial charge in [0, 0.05) is 0 Å². The van der Waals surface area contributed by atoms with Crippen molar-refractivity contribution in [2.24, 2.45) is 11.3 Å². The SMILES string of the molecule is CCOC(=O)[C@H]1CC(C)=CC[C@@]1(C(=O)OC)C(=O)OC(C)C. The van der Waals surface area contributed by atoms with Gasteiger partial charge >= 0.3 is 17.9 Å². The van der Waals surface area contributed by atoms with Crippen LogP contribution in [-0.4, -0.2) is 37.7 Å². The molecule has 0 aliphatic heterocycles. The van der Waals surface area contributed by atoms with E-state index in [0.717, 1.165) is 5.57 Å². The Morgan fingerprint density at radius 1 is 1.32 bits per heavy atom. The summed E-state index contributed by atoms with van der Waals surface area (Å²) in [6, 6.07) is 0. The van der Waals surface area contributed by atoms with Crippen LogP contribution in [0.15, 0.2) is 11.6 Å². The van der Waals surface area contributed by atoms with Gasteiger partial charge in [-0.15, -0.1) is 0 Å². The van der Waals surface area contributed by atoms with Gasteiger partial charge in [-0.25, -0.2) is 0 Å². The van der Waals surface area contributed by atoms with E-state index in [2.05, 4.69) is 0 Å². The van der Waals surface area contributed by atoms with Crippen molar-refractivity contribution in [2.45, 2.75) is 46.6 Å². The fraction of sp³-hybridized carbons (Fsp3) is 0.688. The molecule has 0 radical (unpaired) electrons. The molecule has 1 aliphatic carbocycles. The number of hydrogen-bond acceptors (Lipinski definition) is 6. The number of esters is 3. The summed E-state index contributed by atoms with van der Waals surface area (Å²) in [6.07, 6.45) is 1.71. The normalized spacial score (nSPS) is 24.5. The van der Waals surface area contributed by atoms with Gasteiger partial charge in [0.05, 0.1) is 25.7 Å². The Balaban J connectivity index is 3.32. The highest BCUT2D eigenvalue weighted by molar-refractivity contribution is 6.04. The molecule has 1 rings (SSSR count). The lowest BCUT2D eigenvalue weighted by molar-refractivity contribution is -0.185. The average molecular weight is 312 g/mol. The maximum Gasteiger partial charge on any atom is 0.324 e.